The van der Waals surface area contributed by atoms with Crippen LogP contribution >= 0.6 is 0 Å². The summed E-state index contributed by atoms with van der Waals surface area (Å²) in [6.07, 6.45) is 5.94. The first-order valence-corrected chi connectivity index (χ1v) is 6.17. The summed E-state index contributed by atoms with van der Waals surface area (Å²) in [5.41, 5.74) is 0. The van der Waals surface area contributed by atoms with Crippen LogP contribution in [-0.2, 0) is 4.79 Å². The Labute approximate surface area is 106 Å². The van der Waals surface area contributed by atoms with Crippen LogP contribution in [0.1, 0.15) is 45.4 Å². The molecule has 0 spiro atoms. The second kappa shape index (κ2) is 9.58. The number of hydrogen-bond acceptors (Lipinski definition) is 4. The van der Waals surface area contributed by atoms with Gasteiger partial charge in [0.2, 0.25) is 6.04 Å². The van der Waals surface area contributed by atoms with Crippen molar-refractivity contribution in [3.05, 3.63) is 22.3 Å². The van der Waals surface area contributed by atoms with Crippen molar-refractivity contribution in [2.24, 2.45) is 0 Å². The Bertz CT molecular complexity index is 290. The van der Waals surface area contributed by atoms with Gasteiger partial charge < -0.3 is 10.2 Å². The molecule has 6 heteroatoms. The van der Waals surface area contributed by atoms with Crippen LogP contribution in [0.3, 0.4) is 0 Å². The first kappa shape index (κ1) is 16.6. The third-order valence-electron chi connectivity index (χ3n) is 2.62. The van der Waals surface area contributed by atoms with E-state index >= 15 is 0 Å². The molecule has 18 heavy (non-hydrogen) atoms. The number of rotatable bonds is 10. The molecule has 0 bridgehead atoms. The zero-order valence-corrected chi connectivity index (χ0v) is 10.6. The third kappa shape index (κ3) is 7.78. The van der Waals surface area contributed by atoms with Crippen molar-refractivity contribution in [1.82, 2.24) is 0 Å². The Morgan fingerprint density at radius 3 is 2.56 bits per heavy atom. The van der Waals surface area contributed by atoms with E-state index in [1.165, 1.54) is 0 Å². The molecule has 0 aliphatic heterocycles. The van der Waals surface area contributed by atoms with Gasteiger partial charge in [-0.05, 0) is 19.3 Å². The van der Waals surface area contributed by atoms with Gasteiger partial charge in [-0.1, -0.05) is 31.9 Å². The summed E-state index contributed by atoms with van der Waals surface area (Å²) in [7, 11) is 0. The summed E-state index contributed by atoms with van der Waals surface area (Å²) in [5.74, 6) is -1.28. The summed E-state index contributed by atoms with van der Waals surface area (Å²) >= 11 is 0. The molecule has 0 rings (SSSR count). The number of unbranched alkanes of at least 4 members (excludes halogenated alkanes) is 3. The summed E-state index contributed by atoms with van der Waals surface area (Å²) < 4.78 is 0. The van der Waals surface area contributed by atoms with Gasteiger partial charge in [0.15, 0.2) is 0 Å². The number of carboxylic acid groups (broad SMARTS) is 1. The molecule has 0 aliphatic carbocycles. The van der Waals surface area contributed by atoms with Gasteiger partial charge in [-0.25, -0.2) is 0 Å². The smallest absolute Gasteiger partial charge is 0.310 e. The maximum atomic E-state index is 10.6. The Morgan fingerprint density at radius 2 is 2.06 bits per heavy atom. The summed E-state index contributed by atoms with van der Waals surface area (Å²) in [5, 5.41) is 28.7. The normalized spacial score (nSPS) is 14.6. The molecule has 0 saturated carbocycles. The lowest BCUT2D eigenvalue weighted by Crippen LogP contribution is -2.35. The summed E-state index contributed by atoms with van der Waals surface area (Å²) in [6, 6.07) is -1.44. The molecule has 0 aromatic carbocycles. The van der Waals surface area contributed by atoms with Crippen molar-refractivity contribution < 1.29 is 19.9 Å². The Kier molecular flexibility index (Phi) is 8.82. The van der Waals surface area contributed by atoms with Crippen LogP contribution in [0.25, 0.3) is 0 Å². The highest BCUT2D eigenvalue weighted by Crippen LogP contribution is 2.09. The number of aliphatic hydroxyl groups is 1. The minimum atomic E-state index is -1.44. The molecule has 2 N–H and O–H groups in total. The highest BCUT2D eigenvalue weighted by molar-refractivity contribution is 5.67. The van der Waals surface area contributed by atoms with E-state index in [-0.39, 0.29) is 6.42 Å². The molecule has 6 nitrogen and oxygen atoms in total. The zero-order valence-electron chi connectivity index (χ0n) is 10.6. The fourth-order valence-corrected chi connectivity index (χ4v) is 1.55. The van der Waals surface area contributed by atoms with E-state index < -0.39 is 29.5 Å². The number of nitrogens with zero attached hydrogens (tertiary/aromatic N) is 1. The molecule has 0 fully saturated rings. The lowest BCUT2D eigenvalue weighted by atomic mass is 10.0. The molecule has 0 amide bonds. The third-order valence-corrected chi connectivity index (χ3v) is 2.62. The van der Waals surface area contributed by atoms with E-state index in [0.29, 0.717) is 0 Å². The molecule has 0 aromatic heterocycles. The van der Waals surface area contributed by atoms with E-state index in [2.05, 4.69) is 6.92 Å². The largest absolute Gasteiger partial charge is 0.481 e. The lowest BCUT2D eigenvalue weighted by molar-refractivity contribution is -0.533. The van der Waals surface area contributed by atoms with E-state index in [0.717, 1.165) is 25.7 Å². The van der Waals surface area contributed by atoms with E-state index in [1.54, 1.807) is 6.08 Å². The Morgan fingerprint density at radius 1 is 1.39 bits per heavy atom. The monoisotopic (exact) mass is 259 g/mol. The highest BCUT2D eigenvalue weighted by atomic mass is 16.6. The van der Waals surface area contributed by atoms with Gasteiger partial charge in [-0.15, -0.1) is 0 Å². The van der Waals surface area contributed by atoms with Crippen LogP contribution in [0.15, 0.2) is 12.2 Å². The van der Waals surface area contributed by atoms with Gasteiger partial charge >= 0.3 is 5.97 Å². The number of nitro groups is 1. The first-order chi connectivity index (χ1) is 8.49. The van der Waals surface area contributed by atoms with Crippen LogP contribution in [0.4, 0.5) is 0 Å². The van der Waals surface area contributed by atoms with Crippen LogP contribution in [0, 0.1) is 10.1 Å². The molecule has 0 radical (unpaired) electrons. The van der Waals surface area contributed by atoms with Crippen LogP contribution in [0.2, 0.25) is 0 Å². The van der Waals surface area contributed by atoms with E-state index in [4.69, 9.17) is 5.11 Å². The summed E-state index contributed by atoms with van der Waals surface area (Å²) in [6.45, 7) is 2.10. The van der Waals surface area contributed by atoms with E-state index in [9.17, 15) is 20.0 Å². The highest BCUT2D eigenvalue weighted by Gasteiger charge is 2.31. The number of allylic oxidation sites excluding steroid dienone is 1. The minimum absolute atomic E-state index is 0.116. The maximum absolute atomic E-state index is 10.6. The predicted molar refractivity (Wildman–Crippen MR) is 66.9 cm³/mol. The topological polar surface area (TPSA) is 101 Å². The fourth-order valence-electron chi connectivity index (χ4n) is 1.55. The van der Waals surface area contributed by atoms with Crippen LogP contribution in [-0.4, -0.2) is 33.3 Å². The number of carboxylic acids is 1. The molecule has 2 unspecified atom stereocenters. The SMILES string of the molecule is CCCCC/C=C\CC(O)C(CC(=O)O)[N+](=O)[O-]. The molecular weight excluding hydrogens is 238 g/mol. The summed E-state index contributed by atoms with van der Waals surface area (Å²) in [4.78, 5) is 20.3. The standard InChI is InChI=1S/C12H21NO5/c1-2-3-4-5-6-7-8-11(14)10(13(17)18)9-12(15)16/h6-7,10-11,14H,2-5,8-9H2,1H3,(H,15,16)/b7-6-. The zero-order chi connectivity index (χ0) is 14.0. The molecule has 0 saturated heterocycles. The van der Waals surface area contributed by atoms with Gasteiger partial charge in [0.25, 0.3) is 0 Å². The van der Waals surface area contributed by atoms with Crippen molar-refractivity contribution in [2.75, 3.05) is 0 Å². The Balaban J connectivity index is 4.06. The van der Waals surface area contributed by atoms with Gasteiger partial charge in [0.05, 0.1) is 0 Å². The van der Waals surface area contributed by atoms with Gasteiger partial charge in [-0.2, -0.15) is 0 Å². The van der Waals surface area contributed by atoms with Crippen molar-refractivity contribution >= 4 is 5.97 Å². The number of aliphatic carboxylic acids is 1. The van der Waals surface area contributed by atoms with Gasteiger partial charge in [0, 0.05) is 4.92 Å². The lowest BCUT2D eigenvalue weighted by Gasteiger charge is -2.12. The average Bonchev–Trinajstić information content (AvgIpc) is 2.29. The minimum Gasteiger partial charge on any atom is -0.481 e. The fraction of sp³-hybridized carbons (Fsp3) is 0.750. The number of aliphatic hydroxyl groups excluding tert-OH is 1. The number of carbonyl (C=O) groups is 1. The first-order valence-electron chi connectivity index (χ1n) is 6.17. The molecule has 0 aliphatic rings. The molecule has 104 valence electrons. The van der Waals surface area contributed by atoms with Crippen molar-refractivity contribution in [3.8, 4) is 0 Å². The Hall–Kier alpha value is -1.43. The van der Waals surface area contributed by atoms with Gasteiger partial charge in [-0.3, -0.25) is 14.9 Å². The van der Waals surface area contributed by atoms with Crippen molar-refractivity contribution in [1.29, 1.82) is 0 Å². The molecule has 0 aromatic rings. The molecule has 0 heterocycles. The van der Waals surface area contributed by atoms with Gasteiger partial charge in [0.1, 0.15) is 12.5 Å². The van der Waals surface area contributed by atoms with Crippen molar-refractivity contribution in [3.63, 3.8) is 0 Å². The quantitative estimate of drug-likeness (QED) is 0.270. The molecular formula is C12H21NO5. The predicted octanol–water partition coefficient (Wildman–Crippen LogP) is 1.99. The maximum Gasteiger partial charge on any atom is 0.310 e. The molecule has 2 atom stereocenters. The van der Waals surface area contributed by atoms with Crippen molar-refractivity contribution in [2.45, 2.75) is 57.6 Å². The average molecular weight is 259 g/mol. The number of hydrogen-bond donors (Lipinski definition) is 2. The van der Waals surface area contributed by atoms with E-state index in [1.807, 2.05) is 6.08 Å². The van der Waals surface area contributed by atoms with Crippen LogP contribution < -0.4 is 0 Å². The second-order valence-electron chi connectivity index (χ2n) is 4.22. The van der Waals surface area contributed by atoms with Crippen LogP contribution in [0.5, 0.6) is 0 Å². The second-order valence-corrected chi connectivity index (χ2v) is 4.22.